The van der Waals surface area contributed by atoms with Crippen molar-refractivity contribution in [3.8, 4) is 0 Å². The Bertz CT molecular complexity index is 343. The summed E-state index contributed by atoms with van der Waals surface area (Å²) < 4.78 is 5.27. The summed E-state index contributed by atoms with van der Waals surface area (Å²) in [5.74, 6) is 1.81. The highest BCUT2D eigenvalue weighted by Gasteiger charge is 2.63. The Morgan fingerprint density at radius 3 is 2.74 bits per heavy atom. The molecule has 6 atom stereocenters. The molecule has 1 aliphatic heterocycles. The minimum Gasteiger partial charge on any atom is -0.396 e. The van der Waals surface area contributed by atoms with Crippen molar-refractivity contribution in [2.24, 2.45) is 29.1 Å². The normalized spacial score (nSPS) is 46.1. The zero-order valence-electron chi connectivity index (χ0n) is 12.1. The van der Waals surface area contributed by atoms with Crippen LogP contribution in [0.25, 0.3) is 0 Å². The monoisotopic (exact) mass is 270 g/mol. The van der Waals surface area contributed by atoms with E-state index in [1.807, 2.05) is 0 Å². The Hall–Kier alpha value is -0.450. The number of Topliss-reactive ketones (excluding diaryl/α,β-unsaturated/α-hetero) is 1. The van der Waals surface area contributed by atoms with Gasteiger partial charge in [0.1, 0.15) is 5.78 Å². The molecule has 1 heterocycles. The van der Waals surface area contributed by atoms with Gasteiger partial charge in [-0.25, -0.2) is 0 Å². The van der Waals surface area contributed by atoms with Gasteiger partial charge in [-0.3, -0.25) is 0 Å². The van der Waals surface area contributed by atoms with E-state index in [0.29, 0.717) is 43.1 Å². The number of hydrogen-bond donors (Lipinski definition) is 2. The van der Waals surface area contributed by atoms with Crippen molar-refractivity contribution in [1.82, 2.24) is 0 Å². The molecule has 4 heteroatoms. The maximum Gasteiger partial charge on any atom is 0.154 e. The quantitative estimate of drug-likeness (QED) is 0.796. The smallest absolute Gasteiger partial charge is 0.154 e. The van der Waals surface area contributed by atoms with Crippen molar-refractivity contribution >= 4 is 5.78 Å². The molecule has 2 fully saturated rings. The lowest BCUT2D eigenvalue weighted by Crippen LogP contribution is -2.34. The zero-order valence-corrected chi connectivity index (χ0v) is 12.1. The van der Waals surface area contributed by atoms with Crippen LogP contribution in [0.15, 0.2) is 0 Å². The highest BCUT2D eigenvalue weighted by atomic mass is 16.6. The Kier molecular flexibility index (Phi) is 4.33. The van der Waals surface area contributed by atoms with E-state index in [9.17, 15) is 15.0 Å². The van der Waals surface area contributed by atoms with E-state index in [4.69, 9.17) is 4.74 Å². The van der Waals surface area contributed by atoms with Crippen molar-refractivity contribution < 1.29 is 19.7 Å². The number of aliphatic hydroxyl groups excluding tert-OH is 2. The molecule has 0 unspecified atom stereocenters. The van der Waals surface area contributed by atoms with Crippen LogP contribution in [0.4, 0.5) is 0 Å². The first-order valence-electron chi connectivity index (χ1n) is 7.30. The number of ketones is 1. The van der Waals surface area contributed by atoms with E-state index in [0.717, 1.165) is 6.42 Å². The Morgan fingerprint density at radius 2 is 2.16 bits per heavy atom. The fourth-order valence-electron chi connectivity index (χ4n) is 4.00. The Balaban J connectivity index is 2.03. The summed E-state index contributed by atoms with van der Waals surface area (Å²) >= 11 is 0. The topological polar surface area (TPSA) is 66.8 Å². The summed E-state index contributed by atoms with van der Waals surface area (Å²) in [6.07, 6.45) is 1.43. The predicted molar refractivity (Wildman–Crippen MR) is 71.3 cm³/mol. The first-order chi connectivity index (χ1) is 8.90. The molecule has 1 saturated heterocycles. The number of ether oxygens (including phenoxy) is 1. The minimum absolute atomic E-state index is 0.0779. The van der Waals surface area contributed by atoms with E-state index < -0.39 is 6.29 Å². The first-order valence-corrected chi connectivity index (χ1v) is 7.30. The van der Waals surface area contributed by atoms with Gasteiger partial charge in [-0.2, -0.15) is 0 Å². The molecule has 0 spiro atoms. The van der Waals surface area contributed by atoms with Crippen LogP contribution >= 0.6 is 0 Å². The lowest BCUT2D eigenvalue weighted by molar-refractivity contribution is -0.161. The van der Waals surface area contributed by atoms with E-state index >= 15 is 0 Å². The summed E-state index contributed by atoms with van der Waals surface area (Å²) in [6, 6.07) is 0. The molecule has 19 heavy (non-hydrogen) atoms. The molecule has 0 radical (unpaired) electrons. The predicted octanol–water partition coefficient (Wildman–Crippen LogP) is 1.59. The first kappa shape index (κ1) is 14.9. The minimum atomic E-state index is -0.668. The highest BCUT2D eigenvalue weighted by molar-refractivity contribution is 5.75. The number of hydrogen-bond acceptors (Lipinski definition) is 4. The number of aliphatic hydroxyl groups is 2. The van der Waals surface area contributed by atoms with Gasteiger partial charge >= 0.3 is 0 Å². The summed E-state index contributed by atoms with van der Waals surface area (Å²) in [5.41, 5.74) is -0.0779. The SMILES string of the molecule is CC(=O)CC[C@@H]1[C@H]([C@H]2C[C@H](O)OC[C@H]2C)[C@@]1(C)CO. The Morgan fingerprint density at radius 1 is 1.47 bits per heavy atom. The second-order valence-corrected chi connectivity index (χ2v) is 6.70. The number of carbonyl (C=O) groups is 1. The summed E-state index contributed by atoms with van der Waals surface area (Å²) in [5, 5.41) is 19.4. The van der Waals surface area contributed by atoms with Gasteiger partial charge < -0.3 is 19.7 Å². The van der Waals surface area contributed by atoms with Gasteiger partial charge in [0, 0.05) is 19.4 Å². The molecule has 0 aromatic carbocycles. The van der Waals surface area contributed by atoms with Crippen LogP contribution in [0, 0.1) is 29.1 Å². The van der Waals surface area contributed by atoms with Crippen LogP contribution < -0.4 is 0 Å². The van der Waals surface area contributed by atoms with Crippen molar-refractivity contribution in [2.75, 3.05) is 13.2 Å². The molecule has 0 aromatic heterocycles. The lowest BCUT2D eigenvalue weighted by Gasteiger charge is -2.33. The fraction of sp³-hybridized carbons (Fsp3) is 0.933. The van der Waals surface area contributed by atoms with Crippen LogP contribution in [-0.2, 0) is 9.53 Å². The second-order valence-electron chi connectivity index (χ2n) is 6.70. The van der Waals surface area contributed by atoms with Gasteiger partial charge in [-0.1, -0.05) is 13.8 Å². The molecule has 2 aliphatic rings. The van der Waals surface area contributed by atoms with Crippen molar-refractivity contribution in [2.45, 2.75) is 46.3 Å². The molecular weight excluding hydrogens is 244 g/mol. The van der Waals surface area contributed by atoms with Crippen molar-refractivity contribution in [3.63, 3.8) is 0 Å². The van der Waals surface area contributed by atoms with Gasteiger partial charge in [-0.15, -0.1) is 0 Å². The van der Waals surface area contributed by atoms with Crippen molar-refractivity contribution in [3.05, 3.63) is 0 Å². The fourth-order valence-corrected chi connectivity index (χ4v) is 4.00. The van der Waals surface area contributed by atoms with Crippen LogP contribution in [0.5, 0.6) is 0 Å². The van der Waals surface area contributed by atoms with E-state index in [2.05, 4.69) is 13.8 Å². The standard InChI is InChI=1S/C15H26O4/c1-9-7-19-13(18)6-11(9)14-12(5-4-10(2)17)15(14,3)8-16/h9,11-14,16,18H,4-8H2,1-3H3/t9-,11+,12-,13-,14+,15+/m1/s1. The average Bonchev–Trinajstić information content (AvgIpc) is 2.95. The van der Waals surface area contributed by atoms with Gasteiger partial charge in [0.25, 0.3) is 0 Å². The molecule has 110 valence electrons. The third-order valence-corrected chi connectivity index (χ3v) is 5.30. The van der Waals surface area contributed by atoms with Gasteiger partial charge in [0.2, 0.25) is 0 Å². The zero-order chi connectivity index (χ0) is 14.2. The van der Waals surface area contributed by atoms with Crippen molar-refractivity contribution in [1.29, 1.82) is 0 Å². The van der Waals surface area contributed by atoms with Crippen LogP contribution in [-0.4, -0.2) is 35.5 Å². The van der Waals surface area contributed by atoms with Gasteiger partial charge in [0.05, 0.1) is 6.61 Å². The maximum absolute atomic E-state index is 11.2. The largest absolute Gasteiger partial charge is 0.396 e. The Labute approximate surface area is 115 Å². The van der Waals surface area contributed by atoms with E-state index in [1.165, 1.54) is 0 Å². The van der Waals surface area contributed by atoms with Crippen LogP contribution in [0.1, 0.15) is 40.0 Å². The third kappa shape index (κ3) is 2.86. The third-order valence-electron chi connectivity index (χ3n) is 5.30. The summed E-state index contributed by atoms with van der Waals surface area (Å²) in [4.78, 5) is 11.2. The van der Waals surface area contributed by atoms with E-state index in [-0.39, 0.29) is 17.8 Å². The number of rotatable bonds is 5. The van der Waals surface area contributed by atoms with Crippen LogP contribution in [0.2, 0.25) is 0 Å². The molecule has 0 aromatic rings. The average molecular weight is 270 g/mol. The van der Waals surface area contributed by atoms with Crippen LogP contribution in [0.3, 0.4) is 0 Å². The molecule has 2 N–H and O–H groups in total. The molecule has 1 saturated carbocycles. The van der Waals surface area contributed by atoms with Gasteiger partial charge in [-0.05, 0) is 42.4 Å². The summed E-state index contributed by atoms with van der Waals surface area (Å²) in [6.45, 7) is 6.63. The van der Waals surface area contributed by atoms with E-state index in [1.54, 1.807) is 6.92 Å². The molecule has 2 rings (SSSR count). The number of carbonyl (C=O) groups excluding carboxylic acids is 1. The lowest BCUT2D eigenvalue weighted by atomic mass is 9.82. The summed E-state index contributed by atoms with van der Waals surface area (Å²) in [7, 11) is 0. The molecule has 0 amide bonds. The van der Waals surface area contributed by atoms with Gasteiger partial charge in [0.15, 0.2) is 6.29 Å². The molecular formula is C15H26O4. The highest BCUT2D eigenvalue weighted by Crippen LogP contribution is 2.66. The second kappa shape index (κ2) is 5.51. The molecule has 1 aliphatic carbocycles. The molecule has 4 nitrogen and oxygen atoms in total. The molecule has 0 bridgehead atoms. The maximum atomic E-state index is 11.2.